The minimum absolute atomic E-state index is 0.357. The van der Waals surface area contributed by atoms with Crippen LogP contribution >= 0.6 is 0 Å². The molecule has 0 radical (unpaired) electrons. The van der Waals surface area contributed by atoms with Crippen molar-refractivity contribution in [3.63, 3.8) is 0 Å². The Morgan fingerprint density at radius 1 is 0.867 bits per heavy atom. The van der Waals surface area contributed by atoms with Gasteiger partial charge in [0.25, 0.3) is 0 Å². The largest absolute Gasteiger partial charge is 0.388 e. The van der Waals surface area contributed by atoms with Crippen molar-refractivity contribution in [2.24, 2.45) is 0 Å². The molecule has 0 saturated carbocycles. The second-order valence-electron chi connectivity index (χ2n) is 8.60. The van der Waals surface area contributed by atoms with Crippen molar-refractivity contribution in [3.8, 4) is 0 Å². The van der Waals surface area contributed by atoms with Crippen molar-refractivity contribution in [1.29, 1.82) is 0 Å². The van der Waals surface area contributed by atoms with Gasteiger partial charge in [0.1, 0.15) is 0 Å². The molecule has 3 heteroatoms. The van der Waals surface area contributed by atoms with Gasteiger partial charge in [-0.3, -0.25) is 0 Å². The van der Waals surface area contributed by atoms with E-state index in [1.807, 2.05) is 30.3 Å². The zero-order valence-corrected chi connectivity index (χ0v) is 17.4. The Morgan fingerprint density at radius 3 is 2.37 bits per heavy atom. The van der Waals surface area contributed by atoms with Crippen LogP contribution in [0.25, 0.3) is 0 Å². The fourth-order valence-electron chi connectivity index (χ4n) is 5.29. The monoisotopic (exact) mass is 398 g/mol. The summed E-state index contributed by atoms with van der Waals surface area (Å²) in [4.78, 5) is 5.17. The van der Waals surface area contributed by atoms with Crippen LogP contribution < -0.4 is 4.90 Å². The Hall–Kier alpha value is -2.62. The number of likely N-dealkylation sites (tertiary alicyclic amines) is 1. The van der Waals surface area contributed by atoms with Crippen LogP contribution in [0.2, 0.25) is 0 Å². The summed E-state index contributed by atoms with van der Waals surface area (Å²) in [5, 5.41) is 10.5. The van der Waals surface area contributed by atoms with Gasteiger partial charge in [-0.1, -0.05) is 66.7 Å². The molecule has 5 rings (SSSR count). The summed E-state index contributed by atoms with van der Waals surface area (Å²) in [7, 11) is 0. The van der Waals surface area contributed by atoms with E-state index in [0.717, 1.165) is 38.0 Å². The summed E-state index contributed by atoms with van der Waals surface area (Å²) in [6, 6.07) is 30.3. The maximum Gasteiger partial charge on any atom is 0.0790 e. The van der Waals surface area contributed by atoms with Crippen LogP contribution in [0.15, 0.2) is 84.9 Å². The molecular weight excluding hydrogens is 368 g/mol. The Bertz CT molecular complexity index is 957. The second kappa shape index (κ2) is 8.63. The minimum atomic E-state index is -0.357. The topological polar surface area (TPSA) is 26.7 Å². The first-order chi connectivity index (χ1) is 14.8. The number of hydrogen-bond donors (Lipinski definition) is 1. The van der Waals surface area contributed by atoms with Gasteiger partial charge >= 0.3 is 0 Å². The van der Waals surface area contributed by atoms with Crippen molar-refractivity contribution < 1.29 is 5.11 Å². The fraction of sp³-hybridized carbons (Fsp3) is 0.333. The van der Waals surface area contributed by atoms with Crippen LogP contribution in [-0.4, -0.2) is 35.7 Å². The lowest BCUT2D eigenvalue weighted by atomic mass is 9.89. The molecule has 1 saturated heterocycles. The maximum absolute atomic E-state index is 10.5. The molecule has 0 aliphatic carbocycles. The summed E-state index contributed by atoms with van der Waals surface area (Å²) < 4.78 is 0. The summed E-state index contributed by atoms with van der Waals surface area (Å²) in [5.74, 6) is 0.550. The highest BCUT2D eigenvalue weighted by molar-refractivity contribution is 5.72. The van der Waals surface area contributed by atoms with Gasteiger partial charge in [0.15, 0.2) is 0 Å². The van der Waals surface area contributed by atoms with Crippen LogP contribution in [0.1, 0.15) is 42.4 Å². The number of piperidine rings is 1. The summed E-state index contributed by atoms with van der Waals surface area (Å²) in [5.41, 5.74) is 5.19. The van der Waals surface area contributed by atoms with Gasteiger partial charge in [0.2, 0.25) is 0 Å². The SMILES string of the molecule is OC(CCCN1CCC2C(C1)c1ccccc1N2c1ccccc1)c1ccccc1. The van der Waals surface area contributed by atoms with E-state index in [4.69, 9.17) is 0 Å². The van der Waals surface area contributed by atoms with Crippen LogP contribution in [0.3, 0.4) is 0 Å². The lowest BCUT2D eigenvalue weighted by Gasteiger charge is -2.39. The molecule has 0 aromatic heterocycles. The third-order valence-corrected chi connectivity index (χ3v) is 6.76. The van der Waals surface area contributed by atoms with Gasteiger partial charge in [-0.2, -0.15) is 0 Å². The van der Waals surface area contributed by atoms with E-state index in [1.165, 1.54) is 23.4 Å². The first kappa shape index (κ1) is 19.3. The molecule has 0 amide bonds. The molecule has 2 heterocycles. The maximum atomic E-state index is 10.5. The van der Waals surface area contributed by atoms with E-state index in [1.54, 1.807) is 0 Å². The molecule has 2 aliphatic rings. The molecule has 1 fully saturated rings. The van der Waals surface area contributed by atoms with E-state index >= 15 is 0 Å². The predicted octanol–water partition coefficient (Wildman–Crippen LogP) is 5.51. The number of fused-ring (bicyclic) bond motifs is 3. The lowest BCUT2D eigenvalue weighted by Crippen LogP contribution is -2.45. The Labute approximate surface area is 179 Å². The molecule has 3 aromatic carbocycles. The molecule has 3 aromatic rings. The standard InChI is InChI=1S/C27H30N2O/c30-27(21-10-3-1-4-11-21)16-9-18-28-19-17-26-24(20-28)23-14-7-8-15-25(23)29(26)22-12-5-2-6-13-22/h1-8,10-15,24,26-27,30H,9,16-20H2. The van der Waals surface area contributed by atoms with E-state index in [-0.39, 0.29) is 6.10 Å². The second-order valence-corrected chi connectivity index (χ2v) is 8.60. The highest BCUT2D eigenvalue weighted by atomic mass is 16.3. The molecule has 3 nitrogen and oxygen atoms in total. The predicted molar refractivity (Wildman–Crippen MR) is 123 cm³/mol. The van der Waals surface area contributed by atoms with Crippen LogP contribution in [0, 0.1) is 0 Å². The molecule has 3 atom stereocenters. The van der Waals surface area contributed by atoms with Crippen molar-refractivity contribution in [1.82, 2.24) is 4.90 Å². The molecule has 30 heavy (non-hydrogen) atoms. The molecule has 2 aliphatic heterocycles. The van der Waals surface area contributed by atoms with E-state index in [9.17, 15) is 5.11 Å². The van der Waals surface area contributed by atoms with Gasteiger partial charge in [-0.25, -0.2) is 0 Å². The molecular formula is C27H30N2O. The van der Waals surface area contributed by atoms with Crippen LogP contribution in [0.5, 0.6) is 0 Å². The molecule has 154 valence electrons. The van der Waals surface area contributed by atoms with Crippen LogP contribution in [-0.2, 0) is 0 Å². The quantitative estimate of drug-likeness (QED) is 0.593. The zero-order valence-electron chi connectivity index (χ0n) is 17.4. The molecule has 0 spiro atoms. The summed E-state index contributed by atoms with van der Waals surface area (Å²) in [6.45, 7) is 3.28. The number of anilines is 2. The third-order valence-electron chi connectivity index (χ3n) is 6.76. The fourth-order valence-corrected chi connectivity index (χ4v) is 5.29. The van der Waals surface area contributed by atoms with Gasteiger partial charge in [-0.05, 0) is 55.1 Å². The molecule has 1 N–H and O–H groups in total. The number of para-hydroxylation sites is 2. The van der Waals surface area contributed by atoms with Gasteiger partial charge in [0.05, 0.1) is 6.10 Å². The van der Waals surface area contributed by atoms with Crippen molar-refractivity contribution in [3.05, 3.63) is 96.1 Å². The lowest BCUT2D eigenvalue weighted by molar-refractivity contribution is 0.145. The first-order valence-corrected chi connectivity index (χ1v) is 11.2. The smallest absolute Gasteiger partial charge is 0.0790 e. The number of aliphatic hydroxyl groups excluding tert-OH is 1. The number of benzene rings is 3. The average molecular weight is 399 g/mol. The zero-order chi connectivity index (χ0) is 20.3. The summed E-state index contributed by atoms with van der Waals surface area (Å²) >= 11 is 0. The van der Waals surface area contributed by atoms with Crippen molar-refractivity contribution in [2.75, 3.05) is 24.5 Å². The molecule has 0 bridgehead atoms. The van der Waals surface area contributed by atoms with Gasteiger partial charge < -0.3 is 14.9 Å². The minimum Gasteiger partial charge on any atom is -0.388 e. The van der Waals surface area contributed by atoms with Crippen molar-refractivity contribution in [2.45, 2.75) is 37.3 Å². The van der Waals surface area contributed by atoms with Crippen molar-refractivity contribution >= 4 is 11.4 Å². The third kappa shape index (κ3) is 3.76. The number of nitrogens with zero attached hydrogens (tertiary/aromatic N) is 2. The first-order valence-electron chi connectivity index (χ1n) is 11.2. The summed E-state index contributed by atoms with van der Waals surface area (Å²) in [6.07, 6.45) is 2.67. The Balaban J connectivity index is 1.25. The number of aliphatic hydroxyl groups is 1. The highest BCUT2D eigenvalue weighted by Crippen LogP contribution is 2.48. The van der Waals surface area contributed by atoms with E-state index in [2.05, 4.69) is 64.4 Å². The normalized spacial score (nSPS) is 21.8. The number of rotatable bonds is 6. The Kier molecular flexibility index (Phi) is 5.56. The number of hydrogen-bond acceptors (Lipinski definition) is 3. The van der Waals surface area contributed by atoms with E-state index in [0.29, 0.717) is 12.0 Å². The Morgan fingerprint density at radius 2 is 1.57 bits per heavy atom. The highest BCUT2D eigenvalue weighted by Gasteiger charge is 2.42. The van der Waals surface area contributed by atoms with Crippen LogP contribution in [0.4, 0.5) is 11.4 Å². The molecule has 3 unspecified atom stereocenters. The van der Waals surface area contributed by atoms with Gasteiger partial charge in [-0.15, -0.1) is 0 Å². The van der Waals surface area contributed by atoms with E-state index < -0.39 is 0 Å². The van der Waals surface area contributed by atoms with Gasteiger partial charge in [0, 0.05) is 36.4 Å². The average Bonchev–Trinajstić information content (AvgIpc) is 3.14.